The minimum Gasteiger partial charge on any atom is -0.478 e. The number of hydrogen-bond donors (Lipinski definition) is 3. The minimum atomic E-state index is -4.74. The fourth-order valence-corrected chi connectivity index (χ4v) is 2.07. The van der Waals surface area contributed by atoms with Crippen molar-refractivity contribution in [3.63, 3.8) is 0 Å². The molecule has 2 atom stereocenters. The first-order chi connectivity index (χ1) is 9.16. The Bertz CT molecular complexity index is 490. The van der Waals surface area contributed by atoms with E-state index in [0.717, 1.165) is 6.07 Å². The third-order valence-electron chi connectivity index (χ3n) is 2.64. The Labute approximate surface area is 121 Å². The Morgan fingerprint density at radius 3 is 2.30 bits per heavy atom. The van der Waals surface area contributed by atoms with Gasteiger partial charge in [-0.15, -0.1) is 0 Å². The molecule has 0 heterocycles. The summed E-state index contributed by atoms with van der Waals surface area (Å²) in [7, 11) is 0. The van der Waals surface area contributed by atoms with E-state index in [1.54, 1.807) is 0 Å². The number of rotatable bonds is 5. The topological polar surface area (TPSA) is 77.8 Å². The lowest BCUT2D eigenvalue weighted by Crippen LogP contribution is -2.20. The number of aliphatic hydroxyl groups is 2. The maximum absolute atomic E-state index is 12.7. The van der Waals surface area contributed by atoms with E-state index in [0.29, 0.717) is 17.5 Å². The van der Waals surface area contributed by atoms with Crippen molar-refractivity contribution in [2.75, 3.05) is 5.33 Å². The van der Waals surface area contributed by atoms with Gasteiger partial charge < -0.3 is 15.3 Å². The van der Waals surface area contributed by atoms with Crippen molar-refractivity contribution < 1.29 is 33.3 Å². The number of carbonyl (C=O) groups is 1. The predicted molar refractivity (Wildman–Crippen MR) is 67.8 cm³/mol. The van der Waals surface area contributed by atoms with Crippen LogP contribution in [0.25, 0.3) is 0 Å². The molecule has 0 saturated heterocycles. The van der Waals surface area contributed by atoms with Crippen LogP contribution in [0.4, 0.5) is 13.2 Å². The average molecular weight is 357 g/mol. The van der Waals surface area contributed by atoms with Gasteiger partial charge in [-0.25, -0.2) is 4.79 Å². The second kappa shape index (κ2) is 6.55. The zero-order valence-corrected chi connectivity index (χ0v) is 11.6. The van der Waals surface area contributed by atoms with Crippen LogP contribution in [0.3, 0.4) is 0 Å². The minimum absolute atomic E-state index is 0.111. The summed E-state index contributed by atoms with van der Waals surface area (Å²) in [5, 5.41) is 28.5. The van der Waals surface area contributed by atoms with Crippen LogP contribution >= 0.6 is 15.9 Å². The maximum atomic E-state index is 12.7. The van der Waals surface area contributed by atoms with Gasteiger partial charge in [0.1, 0.15) is 6.10 Å². The SMILES string of the molecule is O=C(O)c1cc(C(O)C(O)CCBr)cc(C(F)(F)F)c1. The van der Waals surface area contributed by atoms with Crippen LogP contribution in [0, 0.1) is 0 Å². The Hall–Kier alpha value is -1.12. The molecule has 4 nitrogen and oxygen atoms in total. The van der Waals surface area contributed by atoms with E-state index in [2.05, 4.69) is 15.9 Å². The van der Waals surface area contributed by atoms with Crippen molar-refractivity contribution in [1.29, 1.82) is 0 Å². The quantitative estimate of drug-likeness (QED) is 0.708. The summed E-state index contributed by atoms with van der Waals surface area (Å²) in [6, 6.07) is 2.03. The number of hydrogen-bond acceptors (Lipinski definition) is 3. The fourth-order valence-electron chi connectivity index (χ4n) is 1.60. The van der Waals surface area contributed by atoms with Gasteiger partial charge in [-0.05, 0) is 30.2 Å². The van der Waals surface area contributed by atoms with Crippen LogP contribution in [0.2, 0.25) is 0 Å². The highest BCUT2D eigenvalue weighted by Crippen LogP contribution is 2.33. The van der Waals surface area contributed by atoms with E-state index in [9.17, 15) is 28.2 Å². The molecule has 0 aromatic heterocycles. The van der Waals surface area contributed by atoms with E-state index in [1.165, 1.54) is 0 Å². The molecular weight excluding hydrogens is 345 g/mol. The van der Waals surface area contributed by atoms with Gasteiger partial charge in [0.05, 0.1) is 17.2 Å². The van der Waals surface area contributed by atoms with Crippen LogP contribution < -0.4 is 0 Å². The molecule has 0 amide bonds. The van der Waals surface area contributed by atoms with Crippen molar-refractivity contribution >= 4 is 21.9 Å². The summed E-state index contributed by atoms with van der Waals surface area (Å²) >= 11 is 3.03. The number of halogens is 4. The summed E-state index contributed by atoms with van der Waals surface area (Å²) in [6.45, 7) is 0. The van der Waals surface area contributed by atoms with Crippen LogP contribution in [-0.2, 0) is 6.18 Å². The number of carboxylic acid groups (broad SMARTS) is 1. The molecule has 0 aliphatic heterocycles. The molecule has 1 rings (SSSR count). The van der Waals surface area contributed by atoms with Crippen LogP contribution in [0.15, 0.2) is 18.2 Å². The number of carboxylic acids is 1. The van der Waals surface area contributed by atoms with Gasteiger partial charge in [0, 0.05) is 5.33 Å². The number of alkyl halides is 4. The lowest BCUT2D eigenvalue weighted by Gasteiger charge is -2.19. The van der Waals surface area contributed by atoms with E-state index < -0.39 is 35.5 Å². The first-order valence-electron chi connectivity index (χ1n) is 5.54. The standard InChI is InChI=1S/C12H12BrF3O4/c13-2-1-9(17)10(18)6-3-7(11(19)20)5-8(4-6)12(14,15)16/h3-5,9-10,17-18H,1-2H2,(H,19,20). The van der Waals surface area contributed by atoms with E-state index >= 15 is 0 Å². The second-order valence-electron chi connectivity index (χ2n) is 4.14. The Balaban J connectivity index is 3.25. The first kappa shape index (κ1) is 16.9. The van der Waals surface area contributed by atoms with Crippen molar-refractivity contribution in [2.24, 2.45) is 0 Å². The molecule has 1 aromatic carbocycles. The lowest BCUT2D eigenvalue weighted by atomic mass is 9.97. The number of benzene rings is 1. The third kappa shape index (κ3) is 4.19. The second-order valence-corrected chi connectivity index (χ2v) is 4.93. The Morgan fingerprint density at radius 1 is 1.25 bits per heavy atom. The van der Waals surface area contributed by atoms with Crippen molar-refractivity contribution in [3.05, 3.63) is 34.9 Å². The molecule has 0 aliphatic carbocycles. The lowest BCUT2D eigenvalue weighted by molar-refractivity contribution is -0.137. The van der Waals surface area contributed by atoms with Gasteiger partial charge in [0.25, 0.3) is 0 Å². The van der Waals surface area contributed by atoms with Crippen LogP contribution in [0.1, 0.15) is 34.0 Å². The molecule has 0 bridgehead atoms. The highest BCUT2D eigenvalue weighted by atomic mass is 79.9. The monoisotopic (exact) mass is 356 g/mol. The maximum Gasteiger partial charge on any atom is 0.416 e. The molecule has 0 radical (unpaired) electrons. The Kier molecular flexibility index (Phi) is 5.55. The van der Waals surface area contributed by atoms with E-state index in [4.69, 9.17) is 5.11 Å². The zero-order chi connectivity index (χ0) is 15.5. The molecule has 20 heavy (non-hydrogen) atoms. The van der Waals surface area contributed by atoms with Crippen LogP contribution in [-0.4, -0.2) is 32.7 Å². The van der Waals surface area contributed by atoms with Gasteiger partial charge in [-0.3, -0.25) is 0 Å². The molecule has 0 fully saturated rings. The summed E-state index contributed by atoms with van der Waals surface area (Å²) in [4.78, 5) is 10.8. The van der Waals surface area contributed by atoms with E-state index in [1.807, 2.05) is 0 Å². The number of aromatic carboxylic acids is 1. The van der Waals surface area contributed by atoms with Gasteiger partial charge in [0.15, 0.2) is 0 Å². The highest BCUT2D eigenvalue weighted by molar-refractivity contribution is 9.09. The van der Waals surface area contributed by atoms with Gasteiger partial charge >= 0.3 is 12.1 Å². The van der Waals surface area contributed by atoms with Crippen LogP contribution in [0.5, 0.6) is 0 Å². The summed E-state index contributed by atoms with van der Waals surface area (Å²) in [5.41, 5.74) is -2.07. The summed E-state index contributed by atoms with van der Waals surface area (Å²) in [5.74, 6) is -1.54. The Morgan fingerprint density at radius 2 is 1.85 bits per heavy atom. The average Bonchev–Trinajstić information content (AvgIpc) is 2.36. The van der Waals surface area contributed by atoms with E-state index in [-0.39, 0.29) is 12.0 Å². The summed E-state index contributed by atoms with van der Waals surface area (Å²) in [6.07, 6.45) is -7.51. The van der Waals surface area contributed by atoms with Gasteiger partial charge in [-0.1, -0.05) is 15.9 Å². The van der Waals surface area contributed by atoms with Crippen molar-refractivity contribution in [1.82, 2.24) is 0 Å². The normalized spacial score (nSPS) is 14.9. The number of aliphatic hydroxyl groups excluding tert-OH is 2. The van der Waals surface area contributed by atoms with Gasteiger partial charge in [-0.2, -0.15) is 13.2 Å². The molecule has 0 aliphatic rings. The molecule has 2 unspecified atom stereocenters. The largest absolute Gasteiger partial charge is 0.478 e. The molecule has 112 valence electrons. The predicted octanol–water partition coefficient (Wildman–Crippen LogP) is 2.58. The molecule has 0 saturated carbocycles. The van der Waals surface area contributed by atoms with Crippen molar-refractivity contribution in [2.45, 2.75) is 24.8 Å². The fraction of sp³-hybridized carbons (Fsp3) is 0.417. The zero-order valence-electron chi connectivity index (χ0n) is 10.1. The molecule has 0 spiro atoms. The molecule has 3 N–H and O–H groups in total. The smallest absolute Gasteiger partial charge is 0.416 e. The van der Waals surface area contributed by atoms with Crippen molar-refractivity contribution in [3.8, 4) is 0 Å². The molecule has 8 heteroatoms. The summed E-state index contributed by atoms with van der Waals surface area (Å²) < 4.78 is 38.0. The molecular formula is C12H12BrF3O4. The first-order valence-corrected chi connectivity index (χ1v) is 6.66. The third-order valence-corrected chi connectivity index (χ3v) is 3.10. The highest BCUT2D eigenvalue weighted by Gasteiger charge is 2.33. The van der Waals surface area contributed by atoms with Gasteiger partial charge in [0.2, 0.25) is 0 Å². The molecule has 1 aromatic rings.